The SMILES string of the molecule is CNCCCC(=O)N1CCCC1C(=O)N1CCCC1C(=O)NCCCCI. The van der Waals surface area contributed by atoms with E-state index in [1.165, 1.54) is 0 Å². The van der Waals surface area contributed by atoms with Crippen LogP contribution in [0.15, 0.2) is 0 Å². The van der Waals surface area contributed by atoms with E-state index in [9.17, 15) is 14.4 Å². The van der Waals surface area contributed by atoms with Crippen molar-refractivity contribution in [1.82, 2.24) is 20.4 Å². The van der Waals surface area contributed by atoms with Crippen LogP contribution in [0.25, 0.3) is 0 Å². The molecular formula is C19H33IN4O3. The molecule has 7 nitrogen and oxygen atoms in total. The van der Waals surface area contributed by atoms with Crippen LogP contribution in [-0.4, -0.2) is 77.3 Å². The smallest absolute Gasteiger partial charge is 0.246 e. The Kier molecular flexibility index (Phi) is 9.81. The predicted molar refractivity (Wildman–Crippen MR) is 114 cm³/mol. The molecule has 0 bridgehead atoms. The lowest BCUT2D eigenvalue weighted by Gasteiger charge is -2.31. The van der Waals surface area contributed by atoms with Gasteiger partial charge in [-0.1, -0.05) is 22.6 Å². The summed E-state index contributed by atoms with van der Waals surface area (Å²) in [6.07, 6.45) is 6.41. The Bertz CT molecular complexity index is 517. The molecular weight excluding hydrogens is 459 g/mol. The number of amides is 3. The Morgan fingerprint density at radius 3 is 2.37 bits per heavy atom. The van der Waals surface area contributed by atoms with E-state index in [1.807, 2.05) is 7.05 Å². The zero-order valence-electron chi connectivity index (χ0n) is 16.3. The molecule has 2 saturated heterocycles. The van der Waals surface area contributed by atoms with Crippen LogP contribution in [0.1, 0.15) is 51.4 Å². The molecule has 0 radical (unpaired) electrons. The van der Waals surface area contributed by atoms with E-state index >= 15 is 0 Å². The molecule has 0 spiro atoms. The minimum Gasteiger partial charge on any atom is -0.354 e. The second-order valence-corrected chi connectivity index (χ2v) is 8.41. The van der Waals surface area contributed by atoms with E-state index in [-0.39, 0.29) is 29.8 Å². The van der Waals surface area contributed by atoms with Gasteiger partial charge in [0, 0.05) is 26.1 Å². The zero-order chi connectivity index (χ0) is 19.6. The molecule has 154 valence electrons. The number of hydrogen-bond acceptors (Lipinski definition) is 4. The quantitative estimate of drug-likeness (QED) is 0.274. The van der Waals surface area contributed by atoms with Crippen LogP contribution in [0.2, 0.25) is 0 Å². The van der Waals surface area contributed by atoms with E-state index in [0.29, 0.717) is 38.9 Å². The van der Waals surface area contributed by atoms with Crippen molar-refractivity contribution in [1.29, 1.82) is 0 Å². The zero-order valence-corrected chi connectivity index (χ0v) is 18.5. The van der Waals surface area contributed by atoms with Gasteiger partial charge in [-0.25, -0.2) is 0 Å². The average molecular weight is 492 g/mol. The summed E-state index contributed by atoms with van der Waals surface area (Å²) < 4.78 is 1.08. The highest BCUT2D eigenvalue weighted by Gasteiger charge is 2.41. The lowest BCUT2D eigenvalue weighted by Crippen LogP contribution is -2.53. The minimum atomic E-state index is -0.389. The third-order valence-electron chi connectivity index (χ3n) is 5.37. The Morgan fingerprint density at radius 2 is 1.67 bits per heavy atom. The van der Waals surface area contributed by atoms with Crippen LogP contribution in [0.3, 0.4) is 0 Å². The second kappa shape index (κ2) is 11.8. The molecule has 2 aliphatic rings. The minimum absolute atomic E-state index is 0.0422. The number of carbonyl (C=O) groups is 3. The van der Waals surface area contributed by atoms with Gasteiger partial charge in [-0.15, -0.1) is 0 Å². The maximum atomic E-state index is 13.1. The highest BCUT2D eigenvalue weighted by molar-refractivity contribution is 14.1. The normalized spacial score (nSPS) is 22.3. The van der Waals surface area contributed by atoms with Gasteiger partial charge in [0.2, 0.25) is 17.7 Å². The number of nitrogens with one attached hydrogen (secondary N) is 2. The third-order valence-corrected chi connectivity index (χ3v) is 6.14. The molecule has 2 heterocycles. The molecule has 3 amide bonds. The number of carbonyl (C=O) groups excluding carboxylic acids is 3. The number of nitrogens with zero attached hydrogens (tertiary/aromatic N) is 2. The first kappa shape index (κ1) is 22.4. The summed E-state index contributed by atoms with van der Waals surface area (Å²) in [6.45, 7) is 2.72. The van der Waals surface area contributed by atoms with Gasteiger partial charge in [-0.3, -0.25) is 14.4 Å². The molecule has 2 N–H and O–H groups in total. The summed E-state index contributed by atoms with van der Waals surface area (Å²) in [5.41, 5.74) is 0. The highest BCUT2D eigenvalue weighted by Crippen LogP contribution is 2.25. The van der Waals surface area contributed by atoms with E-state index < -0.39 is 0 Å². The highest BCUT2D eigenvalue weighted by atomic mass is 127. The van der Waals surface area contributed by atoms with Gasteiger partial charge >= 0.3 is 0 Å². The van der Waals surface area contributed by atoms with E-state index in [2.05, 4.69) is 33.2 Å². The van der Waals surface area contributed by atoms with Crippen LogP contribution in [-0.2, 0) is 14.4 Å². The molecule has 2 aliphatic heterocycles. The molecule has 2 fully saturated rings. The summed E-state index contributed by atoms with van der Waals surface area (Å²) in [5.74, 6) is -0.0290. The monoisotopic (exact) mass is 492 g/mol. The molecule has 0 saturated carbocycles. The number of unbranched alkanes of at least 4 members (excludes halogenated alkanes) is 1. The number of hydrogen-bond donors (Lipinski definition) is 2. The van der Waals surface area contributed by atoms with Crippen LogP contribution < -0.4 is 10.6 Å². The molecule has 2 rings (SSSR count). The largest absolute Gasteiger partial charge is 0.354 e. The topological polar surface area (TPSA) is 81.8 Å². The molecule has 0 aromatic heterocycles. The third kappa shape index (κ3) is 6.30. The molecule has 8 heteroatoms. The molecule has 2 unspecified atom stereocenters. The first-order valence-electron chi connectivity index (χ1n) is 10.2. The van der Waals surface area contributed by atoms with Crippen molar-refractivity contribution >= 4 is 40.3 Å². The van der Waals surface area contributed by atoms with E-state index in [4.69, 9.17) is 0 Å². The van der Waals surface area contributed by atoms with Crippen molar-refractivity contribution in [2.45, 2.75) is 63.5 Å². The molecule has 0 aromatic carbocycles. The predicted octanol–water partition coefficient (Wildman–Crippen LogP) is 1.30. The first-order valence-corrected chi connectivity index (χ1v) is 11.7. The summed E-state index contributed by atoms with van der Waals surface area (Å²) in [4.78, 5) is 41.6. The van der Waals surface area contributed by atoms with E-state index in [0.717, 1.165) is 43.1 Å². The lowest BCUT2D eigenvalue weighted by atomic mass is 10.1. The Morgan fingerprint density at radius 1 is 0.963 bits per heavy atom. The van der Waals surface area contributed by atoms with Gasteiger partial charge in [0.05, 0.1) is 0 Å². The van der Waals surface area contributed by atoms with Crippen molar-refractivity contribution in [3.63, 3.8) is 0 Å². The fourth-order valence-corrected chi connectivity index (χ4v) is 4.46. The Labute approximate surface area is 176 Å². The molecule has 0 aromatic rings. The van der Waals surface area contributed by atoms with Crippen LogP contribution >= 0.6 is 22.6 Å². The van der Waals surface area contributed by atoms with Crippen molar-refractivity contribution < 1.29 is 14.4 Å². The van der Waals surface area contributed by atoms with Gasteiger partial charge in [-0.05, 0) is 63.0 Å². The Balaban J connectivity index is 1.91. The maximum Gasteiger partial charge on any atom is 0.246 e. The fraction of sp³-hybridized carbons (Fsp3) is 0.842. The van der Waals surface area contributed by atoms with Crippen molar-refractivity contribution in [3.8, 4) is 0 Å². The fourth-order valence-electron chi connectivity index (χ4n) is 3.93. The van der Waals surface area contributed by atoms with Gasteiger partial charge in [0.25, 0.3) is 0 Å². The van der Waals surface area contributed by atoms with Gasteiger partial charge in [0.15, 0.2) is 0 Å². The number of alkyl halides is 1. The Hall–Kier alpha value is -0.900. The first-order chi connectivity index (χ1) is 13.1. The number of halogens is 1. The summed E-state index contributed by atoms with van der Waals surface area (Å²) in [5, 5.41) is 6.02. The second-order valence-electron chi connectivity index (χ2n) is 7.33. The summed E-state index contributed by atoms with van der Waals surface area (Å²) in [7, 11) is 1.87. The number of rotatable bonds is 10. The standard InChI is InChI=1S/C19H33IN4O3/c1-21-11-4-9-17(25)23-13-6-8-16(23)19(27)24-14-5-7-15(24)18(26)22-12-3-2-10-20/h15-16,21H,2-14H2,1H3,(H,22,26). The van der Waals surface area contributed by atoms with Gasteiger partial charge in [-0.2, -0.15) is 0 Å². The van der Waals surface area contributed by atoms with Crippen molar-refractivity contribution in [2.24, 2.45) is 0 Å². The van der Waals surface area contributed by atoms with Crippen LogP contribution in [0.4, 0.5) is 0 Å². The molecule has 2 atom stereocenters. The molecule has 27 heavy (non-hydrogen) atoms. The summed E-state index contributed by atoms with van der Waals surface area (Å²) in [6, 6.07) is -0.765. The summed E-state index contributed by atoms with van der Waals surface area (Å²) >= 11 is 2.33. The maximum absolute atomic E-state index is 13.1. The van der Waals surface area contributed by atoms with Gasteiger partial charge in [0.1, 0.15) is 12.1 Å². The van der Waals surface area contributed by atoms with Crippen molar-refractivity contribution in [3.05, 3.63) is 0 Å². The van der Waals surface area contributed by atoms with Crippen molar-refractivity contribution in [2.75, 3.05) is 37.7 Å². The lowest BCUT2D eigenvalue weighted by molar-refractivity contribution is -0.146. The van der Waals surface area contributed by atoms with E-state index in [1.54, 1.807) is 9.80 Å². The average Bonchev–Trinajstić information content (AvgIpc) is 3.34. The number of likely N-dealkylation sites (tertiary alicyclic amines) is 2. The van der Waals surface area contributed by atoms with Crippen LogP contribution in [0, 0.1) is 0 Å². The van der Waals surface area contributed by atoms with Crippen LogP contribution in [0.5, 0.6) is 0 Å². The van der Waals surface area contributed by atoms with Gasteiger partial charge < -0.3 is 20.4 Å². The molecule has 0 aliphatic carbocycles.